The first-order valence-electron chi connectivity index (χ1n) is 19.1. The van der Waals surface area contributed by atoms with Crippen molar-refractivity contribution in [3.8, 4) is 72.8 Å². The summed E-state index contributed by atoms with van der Waals surface area (Å²) >= 11 is 0. The summed E-state index contributed by atoms with van der Waals surface area (Å²) in [5, 5.41) is 22.2. The average Bonchev–Trinajstić information content (AvgIpc) is 3.73. The molecule has 0 atom stereocenters. The van der Waals surface area contributed by atoms with E-state index in [-0.39, 0.29) is 0 Å². The molecule has 2 aliphatic carbocycles. The third-order valence-electron chi connectivity index (χ3n) is 12.6. The summed E-state index contributed by atoms with van der Waals surface area (Å²) < 4.78 is 0. The molecule has 0 aromatic heterocycles. The maximum absolute atomic E-state index is 10.1. The lowest BCUT2D eigenvalue weighted by molar-refractivity contribution is 1.43. The van der Waals surface area contributed by atoms with Crippen LogP contribution in [0.25, 0.3) is 125 Å². The molecule has 2 nitrogen and oxygen atoms in total. The molecule has 0 saturated heterocycles. The summed E-state index contributed by atoms with van der Waals surface area (Å²) in [6, 6.07) is 55.5. The first-order valence-corrected chi connectivity index (χ1v) is 19.1. The van der Waals surface area contributed by atoms with Crippen molar-refractivity contribution < 1.29 is 0 Å². The molecule has 0 aliphatic heterocycles. The van der Waals surface area contributed by atoms with Gasteiger partial charge in [0.15, 0.2) is 5.69 Å². The van der Waals surface area contributed by atoms with Crippen LogP contribution in [0.15, 0.2) is 146 Å². The van der Waals surface area contributed by atoms with Gasteiger partial charge in [-0.2, -0.15) is 5.26 Å². The Hall–Kier alpha value is -7.52. The molecule has 0 heterocycles. The Kier molecular flexibility index (Phi) is 6.08. The minimum atomic E-state index is 0.633. The Labute approximate surface area is 324 Å². The minimum Gasteiger partial charge on any atom is -0.238 e. The molecule has 12 rings (SSSR count). The molecule has 2 heteroatoms. The van der Waals surface area contributed by atoms with Crippen molar-refractivity contribution in [3.05, 3.63) is 174 Å². The van der Waals surface area contributed by atoms with Crippen LogP contribution >= 0.6 is 0 Å². The van der Waals surface area contributed by atoms with Crippen LogP contribution in [-0.4, -0.2) is 0 Å². The van der Waals surface area contributed by atoms with Crippen molar-refractivity contribution in [3.63, 3.8) is 0 Å². The first-order chi connectivity index (χ1) is 27.5. The number of hydrogen-bond acceptors (Lipinski definition) is 1. The molecule has 10 aromatic rings. The number of rotatable bonds is 2. The molecule has 256 valence electrons. The van der Waals surface area contributed by atoms with Gasteiger partial charge in [0.1, 0.15) is 0 Å². The van der Waals surface area contributed by atoms with Crippen LogP contribution in [0.5, 0.6) is 0 Å². The lowest BCUT2D eigenvalue weighted by atomic mass is 9.83. The van der Waals surface area contributed by atoms with Crippen molar-refractivity contribution in [2.45, 2.75) is 13.8 Å². The number of nitrogens with zero attached hydrogens (tertiary/aromatic N) is 2. The molecular formula is C54H30N2. The Morgan fingerprint density at radius 1 is 0.393 bits per heavy atom. The van der Waals surface area contributed by atoms with E-state index in [1.54, 1.807) is 0 Å². The second-order valence-electron chi connectivity index (χ2n) is 15.5. The minimum absolute atomic E-state index is 0.633. The maximum Gasteiger partial charge on any atom is 0.187 e. The standard InChI is InChI=1S/C54H30N2/c1-29-16-18-31(28-55)20-39(29)45-26-51-50-25-44-38-15-7-11-33-9-5-13-36(54(33)38)42(44)23-48(50)46(40-21-34(56-3)19-17-30(40)2)27-52(51)49-24-43-37-14-6-10-32-8-4-12-35(53(32)37)41(43)22-47(45)49/h4-27H,1-2H3. The fourth-order valence-electron chi connectivity index (χ4n) is 10.0. The zero-order chi connectivity index (χ0) is 37.4. The smallest absolute Gasteiger partial charge is 0.187 e. The van der Waals surface area contributed by atoms with E-state index >= 15 is 0 Å². The van der Waals surface area contributed by atoms with Crippen LogP contribution in [0.2, 0.25) is 0 Å². The second kappa shape index (κ2) is 11.0. The highest BCUT2D eigenvalue weighted by Gasteiger charge is 2.27. The molecule has 0 spiro atoms. The van der Waals surface area contributed by atoms with Crippen LogP contribution in [0, 0.1) is 31.8 Å². The van der Waals surface area contributed by atoms with E-state index in [2.05, 4.69) is 158 Å². The van der Waals surface area contributed by atoms with Crippen LogP contribution in [0.3, 0.4) is 0 Å². The maximum atomic E-state index is 10.1. The lowest BCUT2D eigenvalue weighted by Gasteiger charge is -2.20. The molecule has 0 amide bonds. The number of nitriles is 1. The van der Waals surface area contributed by atoms with Gasteiger partial charge in [0.05, 0.1) is 18.2 Å². The first kappa shape index (κ1) is 30.9. The molecule has 0 N–H and O–H groups in total. The highest BCUT2D eigenvalue weighted by atomic mass is 14.6. The summed E-state index contributed by atoms with van der Waals surface area (Å²) in [5.41, 5.74) is 18.0. The lowest BCUT2D eigenvalue weighted by Crippen LogP contribution is -1.93. The molecule has 0 unspecified atom stereocenters. The third kappa shape index (κ3) is 4.03. The van der Waals surface area contributed by atoms with Gasteiger partial charge in [0.25, 0.3) is 0 Å². The van der Waals surface area contributed by atoms with Gasteiger partial charge in [-0.05, 0) is 200 Å². The van der Waals surface area contributed by atoms with E-state index in [0.29, 0.717) is 11.3 Å². The number of hydrogen-bond donors (Lipinski definition) is 0. The summed E-state index contributed by atoms with van der Waals surface area (Å²) in [5.74, 6) is 0. The van der Waals surface area contributed by atoms with Crippen molar-refractivity contribution >= 4 is 59.5 Å². The molecule has 56 heavy (non-hydrogen) atoms. The van der Waals surface area contributed by atoms with Crippen molar-refractivity contribution in [2.75, 3.05) is 0 Å². The van der Waals surface area contributed by atoms with Gasteiger partial charge in [-0.3, -0.25) is 0 Å². The zero-order valence-electron chi connectivity index (χ0n) is 30.8. The van der Waals surface area contributed by atoms with E-state index in [1.165, 1.54) is 87.6 Å². The van der Waals surface area contributed by atoms with Gasteiger partial charge < -0.3 is 0 Å². The van der Waals surface area contributed by atoms with Crippen LogP contribution in [-0.2, 0) is 0 Å². The van der Waals surface area contributed by atoms with Gasteiger partial charge in [-0.25, -0.2) is 4.85 Å². The Bertz CT molecular complexity index is 3320. The predicted octanol–water partition coefficient (Wildman–Crippen LogP) is 15.1. The number of aryl methyl sites for hydroxylation is 2. The van der Waals surface area contributed by atoms with Crippen LogP contribution in [0.1, 0.15) is 16.7 Å². The topological polar surface area (TPSA) is 28.1 Å². The molecular weight excluding hydrogens is 677 g/mol. The van der Waals surface area contributed by atoms with Crippen molar-refractivity contribution in [2.24, 2.45) is 0 Å². The van der Waals surface area contributed by atoms with Crippen molar-refractivity contribution in [1.82, 2.24) is 0 Å². The third-order valence-corrected chi connectivity index (χ3v) is 12.6. The van der Waals surface area contributed by atoms with E-state index in [4.69, 9.17) is 6.57 Å². The Morgan fingerprint density at radius 2 is 0.786 bits per heavy atom. The molecule has 2 aliphatic rings. The zero-order valence-corrected chi connectivity index (χ0v) is 30.8. The number of benzene rings is 10. The highest BCUT2D eigenvalue weighted by Crippen LogP contribution is 2.54. The van der Waals surface area contributed by atoms with Gasteiger partial charge in [0.2, 0.25) is 0 Å². The summed E-state index contributed by atoms with van der Waals surface area (Å²) in [6.45, 7) is 12.2. The average molecular weight is 707 g/mol. The van der Waals surface area contributed by atoms with E-state index in [9.17, 15) is 5.26 Å². The van der Waals surface area contributed by atoms with Crippen LogP contribution < -0.4 is 0 Å². The summed E-state index contributed by atoms with van der Waals surface area (Å²) in [4.78, 5) is 3.87. The molecule has 0 radical (unpaired) electrons. The predicted molar refractivity (Wildman–Crippen MR) is 234 cm³/mol. The van der Waals surface area contributed by atoms with Crippen LogP contribution in [0.4, 0.5) is 5.69 Å². The van der Waals surface area contributed by atoms with E-state index in [1.807, 2.05) is 12.1 Å². The van der Waals surface area contributed by atoms with E-state index in [0.717, 1.165) is 44.2 Å². The SMILES string of the molecule is [C-]#[N+]c1ccc(C)c(-c2cc3c4cc5c(cc4c(-c4cc(C#N)ccc4C)cc3c3cc4c(cc23)-c2cccc3cccc-4c23)-c2cccc3cccc-5c23)c1. The fraction of sp³-hybridized carbons (Fsp3) is 0.0370. The largest absolute Gasteiger partial charge is 0.238 e. The quantitative estimate of drug-likeness (QED) is 0.130. The van der Waals surface area contributed by atoms with Gasteiger partial charge in [-0.1, -0.05) is 91.0 Å². The molecule has 0 bridgehead atoms. The Morgan fingerprint density at radius 3 is 1.23 bits per heavy atom. The van der Waals surface area contributed by atoms with Crippen molar-refractivity contribution in [1.29, 1.82) is 5.26 Å². The highest BCUT2D eigenvalue weighted by molar-refractivity contribution is 6.29. The second-order valence-corrected chi connectivity index (χ2v) is 15.5. The molecule has 10 aromatic carbocycles. The fourth-order valence-corrected chi connectivity index (χ4v) is 10.0. The van der Waals surface area contributed by atoms with Gasteiger partial charge in [-0.15, -0.1) is 0 Å². The number of fused-ring (bicyclic) bond motifs is 11. The van der Waals surface area contributed by atoms with Gasteiger partial charge >= 0.3 is 0 Å². The van der Waals surface area contributed by atoms with Gasteiger partial charge in [0, 0.05) is 0 Å². The summed E-state index contributed by atoms with van der Waals surface area (Å²) in [7, 11) is 0. The molecule has 0 saturated carbocycles. The molecule has 0 fully saturated rings. The normalized spacial score (nSPS) is 12.1. The van der Waals surface area contributed by atoms with E-state index < -0.39 is 0 Å². The monoisotopic (exact) mass is 706 g/mol. The summed E-state index contributed by atoms with van der Waals surface area (Å²) in [6.07, 6.45) is 0. The Balaban J connectivity index is 1.30.